The number of nitrogens with zero attached hydrogens (tertiary/aromatic N) is 3. The largest absolute Gasteiger partial charge is 0.353 e. The summed E-state index contributed by atoms with van der Waals surface area (Å²) in [6, 6.07) is -0.127. The van der Waals surface area contributed by atoms with Crippen LogP contribution in [0.1, 0.15) is 37.6 Å². The molecule has 0 bridgehead atoms. The molecule has 1 aromatic rings. The molecule has 1 N–H and O–H groups in total. The number of hydrogen-bond donors (Lipinski definition) is 1. The number of rotatable bonds is 5. The first-order valence-corrected chi connectivity index (χ1v) is 11.2. The zero-order valence-electron chi connectivity index (χ0n) is 14.1. The van der Waals surface area contributed by atoms with Crippen molar-refractivity contribution in [3.63, 3.8) is 0 Å². The van der Waals surface area contributed by atoms with Gasteiger partial charge in [-0.05, 0) is 19.3 Å². The van der Waals surface area contributed by atoms with Crippen molar-refractivity contribution in [2.75, 3.05) is 23.0 Å². The Balaban J connectivity index is 1.57. The van der Waals surface area contributed by atoms with Gasteiger partial charge in [-0.1, -0.05) is 18.3 Å². The maximum absolute atomic E-state index is 12.4. The maximum atomic E-state index is 12.4. The summed E-state index contributed by atoms with van der Waals surface area (Å²) in [6.07, 6.45) is 2.82. The number of sulfone groups is 1. The number of carbonyl (C=O) groups is 2. The first-order valence-electron chi connectivity index (χ1n) is 8.51. The minimum absolute atomic E-state index is 0.110. The zero-order valence-corrected chi connectivity index (χ0v) is 15.7. The Labute approximate surface area is 150 Å². The molecule has 1 atom stereocenters. The van der Waals surface area contributed by atoms with Crippen molar-refractivity contribution >= 4 is 38.1 Å². The smallest absolute Gasteiger partial charge is 0.229 e. The van der Waals surface area contributed by atoms with Gasteiger partial charge in [0, 0.05) is 25.4 Å². The second-order valence-electron chi connectivity index (χ2n) is 6.57. The number of anilines is 1. The van der Waals surface area contributed by atoms with E-state index in [-0.39, 0.29) is 35.8 Å². The maximum Gasteiger partial charge on any atom is 0.229 e. The quantitative estimate of drug-likeness (QED) is 0.791. The second-order valence-corrected chi connectivity index (χ2v) is 9.91. The molecule has 2 fully saturated rings. The molecule has 0 aliphatic carbocycles. The van der Waals surface area contributed by atoms with Gasteiger partial charge in [-0.15, -0.1) is 10.2 Å². The average Bonchev–Trinajstić information content (AvgIpc) is 3.16. The first-order chi connectivity index (χ1) is 11.9. The van der Waals surface area contributed by atoms with Crippen LogP contribution in [0.4, 0.5) is 5.13 Å². The fourth-order valence-electron chi connectivity index (χ4n) is 3.09. The van der Waals surface area contributed by atoms with E-state index in [0.717, 1.165) is 17.8 Å². The van der Waals surface area contributed by atoms with Crippen molar-refractivity contribution in [1.29, 1.82) is 0 Å². The van der Waals surface area contributed by atoms with E-state index in [9.17, 15) is 18.0 Å². The third-order valence-electron chi connectivity index (χ3n) is 4.55. The zero-order chi connectivity index (χ0) is 18.0. The minimum atomic E-state index is -2.95. The molecule has 0 saturated carbocycles. The molecule has 10 heteroatoms. The van der Waals surface area contributed by atoms with Crippen LogP contribution in [-0.4, -0.2) is 54.5 Å². The SMILES string of the molecule is CCCc1nnc(N2CC(C(=O)NC3CCS(=O)(=O)CC3)CC2=O)s1. The van der Waals surface area contributed by atoms with Crippen LogP contribution in [0.5, 0.6) is 0 Å². The molecule has 2 amide bonds. The molecular formula is C15H22N4O4S2. The van der Waals surface area contributed by atoms with Crippen LogP contribution < -0.4 is 10.2 Å². The van der Waals surface area contributed by atoms with Crippen LogP contribution >= 0.6 is 11.3 Å². The monoisotopic (exact) mass is 386 g/mol. The van der Waals surface area contributed by atoms with Gasteiger partial charge < -0.3 is 5.32 Å². The van der Waals surface area contributed by atoms with Crippen molar-refractivity contribution in [3.8, 4) is 0 Å². The minimum Gasteiger partial charge on any atom is -0.353 e. The number of aryl methyl sites for hydroxylation is 1. The number of aromatic nitrogens is 2. The molecule has 2 aliphatic rings. The van der Waals surface area contributed by atoms with Crippen LogP contribution in [0, 0.1) is 5.92 Å². The van der Waals surface area contributed by atoms with E-state index in [2.05, 4.69) is 22.4 Å². The van der Waals surface area contributed by atoms with E-state index < -0.39 is 15.8 Å². The summed E-state index contributed by atoms with van der Waals surface area (Å²) in [6.45, 7) is 2.36. The van der Waals surface area contributed by atoms with Crippen molar-refractivity contribution in [2.24, 2.45) is 5.92 Å². The lowest BCUT2D eigenvalue weighted by atomic mass is 10.1. The summed E-state index contributed by atoms with van der Waals surface area (Å²) in [7, 11) is -2.95. The Bertz CT molecular complexity index is 747. The van der Waals surface area contributed by atoms with Gasteiger partial charge >= 0.3 is 0 Å². The lowest BCUT2D eigenvalue weighted by Gasteiger charge is -2.24. The lowest BCUT2D eigenvalue weighted by Crippen LogP contribution is -2.43. The van der Waals surface area contributed by atoms with Crippen molar-refractivity contribution in [2.45, 2.75) is 45.1 Å². The predicted molar refractivity (Wildman–Crippen MR) is 94.2 cm³/mol. The topological polar surface area (TPSA) is 109 Å². The summed E-state index contributed by atoms with van der Waals surface area (Å²) in [5.74, 6) is -0.509. The molecule has 138 valence electrons. The standard InChI is InChI=1S/C15H22N4O4S2/c1-2-3-12-17-18-15(24-12)19-9-10(8-13(19)20)14(21)16-11-4-6-25(22,23)7-5-11/h10-11H,2-9H2,1H3,(H,16,21). The first kappa shape index (κ1) is 18.2. The summed E-state index contributed by atoms with van der Waals surface area (Å²) < 4.78 is 22.9. The lowest BCUT2D eigenvalue weighted by molar-refractivity contribution is -0.127. The predicted octanol–water partition coefficient (Wildman–Crippen LogP) is 0.537. The van der Waals surface area contributed by atoms with Crippen molar-refractivity contribution in [1.82, 2.24) is 15.5 Å². The Morgan fingerprint density at radius 3 is 2.72 bits per heavy atom. The fraction of sp³-hybridized carbons (Fsp3) is 0.733. The summed E-state index contributed by atoms with van der Waals surface area (Å²) in [5, 5.41) is 12.5. The Kier molecular flexibility index (Phi) is 5.38. The van der Waals surface area contributed by atoms with E-state index in [1.54, 1.807) is 0 Å². The normalized spacial score (nSPS) is 23.8. The summed E-state index contributed by atoms with van der Waals surface area (Å²) in [4.78, 5) is 26.2. The summed E-state index contributed by atoms with van der Waals surface area (Å²) in [5.41, 5.74) is 0. The molecule has 2 saturated heterocycles. The highest BCUT2D eigenvalue weighted by Crippen LogP contribution is 2.28. The average molecular weight is 386 g/mol. The van der Waals surface area contributed by atoms with E-state index >= 15 is 0 Å². The number of hydrogen-bond acceptors (Lipinski definition) is 7. The van der Waals surface area contributed by atoms with Crippen LogP contribution in [0.15, 0.2) is 0 Å². The second kappa shape index (κ2) is 7.36. The molecule has 2 aliphatic heterocycles. The van der Waals surface area contributed by atoms with Gasteiger partial charge in [-0.2, -0.15) is 0 Å². The van der Waals surface area contributed by atoms with Gasteiger partial charge in [0.1, 0.15) is 14.8 Å². The Morgan fingerprint density at radius 1 is 1.32 bits per heavy atom. The molecule has 1 unspecified atom stereocenters. The van der Waals surface area contributed by atoms with Crippen LogP contribution in [0.2, 0.25) is 0 Å². The van der Waals surface area contributed by atoms with Crippen LogP contribution in [-0.2, 0) is 25.8 Å². The van der Waals surface area contributed by atoms with E-state index in [1.165, 1.54) is 16.2 Å². The van der Waals surface area contributed by atoms with Crippen LogP contribution in [0.25, 0.3) is 0 Å². The molecule has 0 radical (unpaired) electrons. The van der Waals surface area contributed by atoms with Crippen molar-refractivity contribution in [3.05, 3.63) is 5.01 Å². The van der Waals surface area contributed by atoms with Crippen LogP contribution in [0.3, 0.4) is 0 Å². The van der Waals surface area contributed by atoms with Gasteiger partial charge in [-0.3, -0.25) is 14.5 Å². The van der Waals surface area contributed by atoms with Gasteiger partial charge in [0.25, 0.3) is 0 Å². The molecule has 0 aromatic carbocycles. The van der Waals surface area contributed by atoms with Crippen molar-refractivity contribution < 1.29 is 18.0 Å². The number of carbonyl (C=O) groups excluding carboxylic acids is 2. The third-order valence-corrected chi connectivity index (χ3v) is 7.27. The van der Waals surface area contributed by atoms with Gasteiger partial charge in [0.2, 0.25) is 16.9 Å². The van der Waals surface area contributed by atoms with Gasteiger partial charge in [0.15, 0.2) is 0 Å². The number of nitrogens with one attached hydrogen (secondary N) is 1. The summed E-state index contributed by atoms with van der Waals surface area (Å²) >= 11 is 1.39. The fourth-order valence-corrected chi connectivity index (χ4v) is 5.55. The van der Waals surface area contributed by atoms with E-state index in [0.29, 0.717) is 24.5 Å². The van der Waals surface area contributed by atoms with Gasteiger partial charge in [0.05, 0.1) is 17.4 Å². The van der Waals surface area contributed by atoms with E-state index in [4.69, 9.17) is 0 Å². The van der Waals surface area contributed by atoms with Gasteiger partial charge in [-0.25, -0.2) is 8.42 Å². The third kappa shape index (κ3) is 4.35. The number of amides is 2. The highest BCUT2D eigenvalue weighted by atomic mass is 32.2. The molecule has 25 heavy (non-hydrogen) atoms. The highest BCUT2D eigenvalue weighted by Gasteiger charge is 2.37. The van der Waals surface area contributed by atoms with E-state index in [1.807, 2.05) is 0 Å². The highest BCUT2D eigenvalue weighted by molar-refractivity contribution is 7.91. The molecule has 3 rings (SSSR count). The molecule has 8 nitrogen and oxygen atoms in total. The molecular weight excluding hydrogens is 364 g/mol. The molecule has 3 heterocycles. The molecule has 1 aromatic heterocycles. The Morgan fingerprint density at radius 2 is 2.04 bits per heavy atom. The molecule has 0 spiro atoms. The Hall–Kier alpha value is -1.55.